The maximum absolute atomic E-state index is 11.9. The molecule has 0 heterocycles. The number of hydrogen-bond acceptors (Lipinski definition) is 6. The highest BCUT2D eigenvalue weighted by atomic mass is 79.9. The number of fused-ring (bicyclic) bond motifs is 1. The zero-order chi connectivity index (χ0) is 18.1. The molecule has 2 rings (SSSR count). The number of nitro groups is 1. The third-order valence-corrected chi connectivity index (χ3v) is 5.53. The molecule has 0 aliphatic carbocycles. The average Bonchev–Trinajstić information content (AvgIpc) is 2.47. The second kappa shape index (κ2) is 7.04. The van der Waals surface area contributed by atoms with Crippen molar-refractivity contribution in [3.05, 3.63) is 44.4 Å². The van der Waals surface area contributed by atoms with Crippen molar-refractivity contribution in [1.82, 2.24) is 0 Å². The molecule has 0 fully saturated rings. The summed E-state index contributed by atoms with van der Waals surface area (Å²) in [7, 11) is 1.25. The highest BCUT2D eigenvalue weighted by Gasteiger charge is 2.25. The van der Waals surface area contributed by atoms with Crippen molar-refractivity contribution >= 4 is 58.1 Å². The standard InChI is InChI=1S/C14H11BrClNO6S/c1-8(18)23-6-5-9-7-12(24(16,21)22)13-10(14(9)15)3-2-4-11(13)17(19)20/h2-4,7H,5-6H2,1H3. The van der Waals surface area contributed by atoms with E-state index < -0.39 is 19.9 Å². The molecule has 0 amide bonds. The lowest BCUT2D eigenvalue weighted by molar-refractivity contribution is -0.383. The molecule has 0 saturated heterocycles. The van der Waals surface area contributed by atoms with Crippen molar-refractivity contribution in [2.24, 2.45) is 0 Å². The fraction of sp³-hybridized carbons (Fsp3) is 0.214. The Balaban J connectivity index is 2.75. The van der Waals surface area contributed by atoms with Gasteiger partial charge in [-0.25, -0.2) is 8.42 Å². The molecule has 0 N–H and O–H groups in total. The van der Waals surface area contributed by atoms with E-state index >= 15 is 0 Å². The van der Waals surface area contributed by atoms with Gasteiger partial charge in [-0.2, -0.15) is 0 Å². The summed E-state index contributed by atoms with van der Waals surface area (Å²) in [6, 6.07) is 5.46. The average molecular weight is 437 g/mol. The Bertz CT molecular complexity index is 944. The van der Waals surface area contributed by atoms with Gasteiger partial charge in [-0.15, -0.1) is 0 Å². The Labute approximate surface area is 150 Å². The Morgan fingerprint density at radius 3 is 2.62 bits per heavy atom. The van der Waals surface area contributed by atoms with Crippen molar-refractivity contribution < 1.29 is 22.9 Å². The summed E-state index contributed by atoms with van der Waals surface area (Å²) in [5, 5.41) is 11.5. The molecular formula is C14H11BrClNO6S. The lowest BCUT2D eigenvalue weighted by Gasteiger charge is -2.12. The summed E-state index contributed by atoms with van der Waals surface area (Å²) in [4.78, 5) is 21.1. The van der Waals surface area contributed by atoms with E-state index in [0.29, 0.717) is 15.4 Å². The topological polar surface area (TPSA) is 104 Å². The molecule has 0 spiro atoms. The predicted octanol–water partition coefficient (Wildman–Crippen LogP) is 3.54. The molecule has 0 unspecified atom stereocenters. The number of ether oxygens (including phenoxy) is 1. The quantitative estimate of drug-likeness (QED) is 0.307. The van der Waals surface area contributed by atoms with Crippen LogP contribution in [0, 0.1) is 10.1 Å². The maximum Gasteiger partial charge on any atom is 0.302 e. The van der Waals surface area contributed by atoms with E-state index in [1.807, 2.05) is 0 Å². The predicted molar refractivity (Wildman–Crippen MR) is 91.7 cm³/mol. The molecule has 2 aromatic carbocycles. The van der Waals surface area contributed by atoms with Gasteiger partial charge in [-0.3, -0.25) is 14.9 Å². The van der Waals surface area contributed by atoms with Gasteiger partial charge < -0.3 is 4.74 Å². The highest BCUT2D eigenvalue weighted by Crippen LogP contribution is 2.39. The highest BCUT2D eigenvalue weighted by molar-refractivity contribution is 9.10. The maximum atomic E-state index is 11.9. The van der Waals surface area contributed by atoms with Crippen LogP contribution >= 0.6 is 26.6 Å². The molecule has 10 heteroatoms. The molecule has 7 nitrogen and oxygen atoms in total. The molecule has 24 heavy (non-hydrogen) atoms. The van der Waals surface area contributed by atoms with Crippen LogP contribution in [-0.2, 0) is 25.0 Å². The van der Waals surface area contributed by atoms with Gasteiger partial charge in [0.25, 0.3) is 14.7 Å². The summed E-state index contributed by atoms with van der Waals surface area (Å²) >= 11 is 3.33. The monoisotopic (exact) mass is 435 g/mol. The fourth-order valence-electron chi connectivity index (χ4n) is 2.28. The van der Waals surface area contributed by atoms with E-state index in [9.17, 15) is 23.3 Å². The number of rotatable bonds is 5. The van der Waals surface area contributed by atoms with Crippen LogP contribution in [0.25, 0.3) is 10.8 Å². The number of non-ortho nitro benzene ring substituents is 1. The Kier molecular flexibility index (Phi) is 5.46. The summed E-state index contributed by atoms with van der Waals surface area (Å²) in [6.45, 7) is 1.30. The normalized spacial score (nSPS) is 11.5. The van der Waals surface area contributed by atoms with Gasteiger partial charge in [-0.1, -0.05) is 12.1 Å². The van der Waals surface area contributed by atoms with Crippen LogP contribution in [0.3, 0.4) is 0 Å². The Morgan fingerprint density at radius 1 is 1.42 bits per heavy atom. The Hall–Kier alpha value is -1.71. The van der Waals surface area contributed by atoms with Gasteiger partial charge in [0, 0.05) is 40.0 Å². The van der Waals surface area contributed by atoms with Crippen LogP contribution in [0.5, 0.6) is 0 Å². The third-order valence-electron chi connectivity index (χ3n) is 3.25. The Morgan fingerprint density at radius 2 is 2.08 bits per heavy atom. The number of nitro benzene ring substituents is 1. The molecular weight excluding hydrogens is 426 g/mol. The van der Waals surface area contributed by atoms with Crippen LogP contribution in [0.4, 0.5) is 5.69 Å². The van der Waals surface area contributed by atoms with Crippen LogP contribution in [0.2, 0.25) is 0 Å². The van der Waals surface area contributed by atoms with Crippen LogP contribution in [0.15, 0.2) is 33.6 Å². The van der Waals surface area contributed by atoms with Crippen LogP contribution in [-0.4, -0.2) is 25.9 Å². The third kappa shape index (κ3) is 3.85. The molecule has 2 aromatic rings. The summed E-state index contributed by atoms with van der Waals surface area (Å²) in [5.74, 6) is -0.465. The minimum absolute atomic E-state index is 0.0378. The minimum atomic E-state index is -4.23. The SMILES string of the molecule is CC(=O)OCCc1cc(S(=O)(=O)Cl)c2c([N+](=O)[O-])cccc2c1Br. The molecule has 0 bridgehead atoms. The number of halogens is 2. The molecule has 0 aromatic heterocycles. The van der Waals surface area contributed by atoms with E-state index in [2.05, 4.69) is 15.9 Å². The number of benzene rings is 2. The zero-order valence-electron chi connectivity index (χ0n) is 12.3. The summed E-state index contributed by atoms with van der Waals surface area (Å²) < 4.78 is 29.2. The lowest BCUT2D eigenvalue weighted by atomic mass is 10.0. The molecule has 0 saturated carbocycles. The first-order chi connectivity index (χ1) is 11.1. The van der Waals surface area contributed by atoms with E-state index in [0.717, 1.165) is 0 Å². The number of esters is 1. The summed E-state index contributed by atoms with van der Waals surface area (Å²) in [5.41, 5.74) is 0.141. The largest absolute Gasteiger partial charge is 0.466 e. The second-order valence-corrected chi connectivity index (χ2v) is 8.16. The van der Waals surface area contributed by atoms with Crippen molar-refractivity contribution in [1.29, 1.82) is 0 Å². The smallest absolute Gasteiger partial charge is 0.302 e. The van der Waals surface area contributed by atoms with Gasteiger partial charge in [0.15, 0.2) is 0 Å². The van der Waals surface area contributed by atoms with Gasteiger partial charge in [-0.05, 0) is 27.6 Å². The number of hydrogen-bond donors (Lipinski definition) is 0. The number of carbonyl (C=O) groups excluding carboxylic acids is 1. The van der Waals surface area contributed by atoms with Crippen LogP contribution in [0.1, 0.15) is 12.5 Å². The number of nitrogens with zero attached hydrogens (tertiary/aromatic N) is 1. The van der Waals surface area contributed by atoms with Crippen molar-refractivity contribution in [3.63, 3.8) is 0 Å². The molecule has 0 atom stereocenters. The van der Waals surface area contributed by atoms with E-state index in [1.165, 1.54) is 25.1 Å². The number of carbonyl (C=O) groups is 1. The van der Waals surface area contributed by atoms with E-state index in [1.54, 1.807) is 6.07 Å². The van der Waals surface area contributed by atoms with Gasteiger partial charge in [0.1, 0.15) is 0 Å². The van der Waals surface area contributed by atoms with E-state index in [-0.39, 0.29) is 29.0 Å². The van der Waals surface area contributed by atoms with Crippen molar-refractivity contribution in [2.75, 3.05) is 6.61 Å². The first kappa shape index (κ1) is 18.6. The zero-order valence-corrected chi connectivity index (χ0v) is 15.4. The molecule has 0 aliphatic heterocycles. The second-order valence-electron chi connectivity index (χ2n) is 4.83. The van der Waals surface area contributed by atoms with Crippen molar-refractivity contribution in [2.45, 2.75) is 18.2 Å². The summed E-state index contributed by atoms with van der Waals surface area (Å²) in [6.07, 6.45) is 0.220. The lowest BCUT2D eigenvalue weighted by Crippen LogP contribution is -2.05. The first-order valence-corrected chi connectivity index (χ1v) is 9.69. The molecule has 0 radical (unpaired) electrons. The van der Waals surface area contributed by atoms with Crippen LogP contribution < -0.4 is 0 Å². The van der Waals surface area contributed by atoms with Crippen molar-refractivity contribution in [3.8, 4) is 0 Å². The molecule has 128 valence electrons. The van der Waals surface area contributed by atoms with Gasteiger partial charge in [0.2, 0.25) is 0 Å². The van der Waals surface area contributed by atoms with Gasteiger partial charge >= 0.3 is 5.97 Å². The van der Waals surface area contributed by atoms with Gasteiger partial charge in [0.05, 0.1) is 21.8 Å². The van der Waals surface area contributed by atoms with E-state index in [4.69, 9.17) is 15.4 Å². The first-order valence-electron chi connectivity index (χ1n) is 6.59. The minimum Gasteiger partial charge on any atom is -0.466 e. The molecule has 0 aliphatic rings. The fourth-order valence-corrected chi connectivity index (χ4v) is 4.03.